The molecule has 0 aliphatic rings. The minimum Gasteiger partial charge on any atom is -0.326 e. The van der Waals surface area contributed by atoms with Crippen molar-refractivity contribution in [2.45, 2.75) is 38.5 Å². The Bertz CT molecular complexity index is 338. The molecule has 1 aromatic rings. The van der Waals surface area contributed by atoms with Crippen LogP contribution in [0.5, 0.6) is 0 Å². The molecule has 2 nitrogen and oxygen atoms in total. The highest BCUT2D eigenvalue weighted by molar-refractivity contribution is 6.17. The lowest BCUT2D eigenvalue weighted by molar-refractivity contribution is -0.116. The van der Waals surface area contributed by atoms with Crippen molar-refractivity contribution in [1.29, 1.82) is 0 Å². The average molecular weight is 240 g/mol. The average Bonchev–Trinajstić information content (AvgIpc) is 2.29. The quantitative estimate of drug-likeness (QED) is 0.591. The van der Waals surface area contributed by atoms with Crippen molar-refractivity contribution in [3.05, 3.63) is 29.8 Å². The van der Waals surface area contributed by atoms with Gasteiger partial charge in [-0.2, -0.15) is 0 Å². The van der Waals surface area contributed by atoms with Gasteiger partial charge < -0.3 is 5.32 Å². The number of amides is 1. The zero-order valence-corrected chi connectivity index (χ0v) is 10.4. The summed E-state index contributed by atoms with van der Waals surface area (Å²) in [6.45, 7) is 2.13. The van der Waals surface area contributed by atoms with Gasteiger partial charge in [0.05, 0.1) is 0 Å². The first-order valence-electron chi connectivity index (χ1n) is 5.71. The van der Waals surface area contributed by atoms with Crippen LogP contribution in [0.2, 0.25) is 0 Å². The van der Waals surface area contributed by atoms with Crippen molar-refractivity contribution in [3.8, 4) is 0 Å². The summed E-state index contributed by atoms with van der Waals surface area (Å²) in [4.78, 5) is 11.5. The minimum atomic E-state index is 0.0835. The number of carbonyl (C=O) groups excluding carboxylic acids is 1. The third-order valence-electron chi connectivity index (χ3n) is 2.37. The number of benzene rings is 1. The molecule has 0 fully saturated rings. The van der Waals surface area contributed by atoms with Crippen LogP contribution in [0, 0.1) is 0 Å². The van der Waals surface area contributed by atoms with Crippen molar-refractivity contribution in [2.24, 2.45) is 0 Å². The summed E-state index contributed by atoms with van der Waals surface area (Å²) >= 11 is 5.73. The molecular weight excluding hydrogens is 222 g/mol. The van der Waals surface area contributed by atoms with E-state index in [2.05, 4.69) is 12.2 Å². The minimum absolute atomic E-state index is 0.0835. The number of carbonyl (C=O) groups is 1. The van der Waals surface area contributed by atoms with Gasteiger partial charge in [-0.15, -0.1) is 11.6 Å². The van der Waals surface area contributed by atoms with Crippen LogP contribution in [-0.4, -0.2) is 5.91 Å². The number of anilines is 1. The van der Waals surface area contributed by atoms with Gasteiger partial charge in [-0.05, 0) is 24.1 Å². The van der Waals surface area contributed by atoms with E-state index in [1.54, 1.807) is 0 Å². The summed E-state index contributed by atoms with van der Waals surface area (Å²) in [5.74, 6) is 0.555. The zero-order valence-electron chi connectivity index (χ0n) is 9.63. The molecule has 0 aliphatic heterocycles. The zero-order chi connectivity index (χ0) is 11.8. The Morgan fingerprint density at radius 2 is 2.19 bits per heavy atom. The number of rotatable bonds is 6. The van der Waals surface area contributed by atoms with Gasteiger partial charge in [0.2, 0.25) is 5.91 Å². The van der Waals surface area contributed by atoms with Crippen LogP contribution in [0.3, 0.4) is 0 Å². The lowest BCUT2D eigenvalue weighted by atomic mass is 10.2. The summed E-state index contributed by atoms with van der Waals surface area (Å²) in [6.07, 6.45) is 3.79. The van der Waals surface area contributed by atoms with E-state index in [0.717, 1.165) is 30.5 Å². The molecule has 0 atom stereocenters. The fourth-order valence-corrected chi connectivity index (χ4v) is 1.66. The molecule has 16 heavy (non-hydrogen) atoms. The molecule has 1 N–H and O–H groups in total. The molecule has 0 aliphatic carbocycles. The highest BCUT2D eigenvalue weighted by Gasteiger charge is 2.02. The van der Waals surface area contributed by atoms with E-state index in [-0.39, 0.29) is 5.91 Å². The largest absolute Gasteiger partial charge is 0.326 e. The lowest BCUT2D eigenvalue weighted by Gasteiger charge is -2.06. The van der Waals surface area contributed by atoms with Gasteiger partial charge in [-0.3, -0.25) is 4.79 Å². The normalized spacial score (nSPS) is 10.1. The SMILES string of the molecule is CCCCCC(=O)Nc1cccc(CCl)c1. The molecule has 0 saturated heterocycles. The van der Waals surface area contributed by atoms with E-state index in [4.69, 9.17) is 11.6 Å². The van der Waals surface area contributed by atoms with Crippen LogP contribution in [0.25, 0.3) is 0 Å². The molecule has 0 unspecified atom stereocenters. The number of halogens is 1. The molecule has 1 rings (SSSR count). The van der Waals surface area contributed by atoms with Gasteiger partial charge in [-0.25, -0.2) is 0 Å². The molecular formula is C13H18ClNO. The van der Waals surface area contributed by atoms with Gasteiger partial charge in [-0.1, -0.05) is 31.9 Å². The van der Waals surface area contributed by atoms with Crippen LogP contribution in [0.4, 0.5) is 5.69 Å². The third kappa shape index (κ3) is 4.67. The molecule has 88 valence electrons. The summed E-state index contributed by atoms with van der Waals surface area (Å²) in [7, 11) is 0. The van der Waals surface area contributed by atoms with Crippen molar-refractivity contribution in [1.82, 2.24) is 0 Å². The first-order chi connectivity index (χ1) is 7.76. The third-order valence-corrected chi connectivity index (χ3v) is 2.68. The molecule has 0 spiro atoms. The topological polar surface area (TPSA) is 29.1 Å². The van der Waals surface area contributed by atoms with E-state index in [1.807, 2.05) is 24.3 Å². The number of alkyl halides is 1. The van der Waals surface area contributed by atoms with Crippen LogP contribution in [0.1, 0.15) is 38.2 Å². The number of nitrogens with one attached hydrogen (secondary N) is 1. The van der Waals surface area contributed by atoms with Crippen LogP contribution in [0.15, 0.2) is 24.3 Å². The predicted molar refractivity (Wildman–Crippen MR) is 68.8 cm³/mol. The summed E-state index contributed by atoms with van der Waals surface area (Å²) in [6, 6.07) is 7.64. The van der Waals surface area contributed by atoms with Gasteiger partial charge in [0.1, 0.15) is 0 Å². The molecule has 0 heterocycles. The predicted octanol–water partition coefficient (Wildman–Crippen LogP) is 3.94. The second-order valence-electron chi connectivity index (χ2n) is 3.84. The van der Waals surface area contributed by atoms with Gasteiger partial charge in [0, 0.05) is 18.0 Å². The summed E-state index contributed by atoms with van der Waals surface area (Å²) < 4.78 is 0. The molecule has 0 radical (unpaired) electrons. The van der Waals surface area contributed by atoms with E-state index >= 15 is 0 Å². The van der Waals surface area contributed by atoms with E-state index in [0.29, 0.717) is 12.3 Å². The maximum absolute atomic E-state index is 11.5. The molecule has 1 aromatic carbocycles. The Morgan fingerprint density at radius 1 is 1.38 bits per heavy atom. The molecule has 0 bridgehead atoms. The molecule has 3 heteroatoms. The van der Waals surface area contributed by atoms with Gasteiger partial charge in [0.25, 0.3) is 0 Å². The van der Waals surface area contributed by atoms with E-state index < -0.39 is 0 Å². The van der Waals surface area contributed by atoms with Crippen molar-refractivity contribution in [2.75, 3.05) is 5.32 Å². The number of unbranched alkanes of at least 4 members (excludes halogenated alkanes) is 2. The van der Waals surface area contributed by atoms with Crippen LogP contribution >= 0.6 is 11.6 Å². The smallest absolute Gasteiger partial charge is 0.224 e. The Morgan fingerprint density at radius 3 is 2.88 bits per heavy atom. The van der Waals surface area contributed by atoms with Crippen molar-refractivity contribution in [3.63, 3.8) is 0 Å². The van der Waals surface area contributed by atoms with E-state index in [1.165, 1.54) is 0 Å². The highest BCUT2D eigenvalue weighted by atomic mass is 35.5. The Labute approximate surface area is 102 Å². The van der Waals surface area contributed by atoms with Crippen molar-refractivity contribution < 1.29 is 4.79 Å². The Balaban J connectivity index is 2.43. The number of hydrogen-bond donors (Lipinski definition) is 1. The van der Waals surface area contributed by atoms with Crippen LogP contribution in [-0.2, 0) is 10.7 Å². The molecule has 0 aromatic heterocycles. The Hall–Kier alpha value is -1.02. The standard InChI is InChI=1S/C13H18ClNO/c1-2-3-4-8-13(16)15-12-7-5-6-11(9-12)10-14/h5-7,9H,2-4,8,10H2,1H3,(H,15,16). The second-order valence-corrected chi connectivity index (χ2v) is 4.11. The van der Waals surface area contributed by atoms with Gasteiger partial charge in [0.15, 0.2) is 0 Å². The highest BCUT2D eigenvalue weighted by Crippen LogP contribution is 2.13. The fraction of sp³-hybridized carbons (Fsp3) is 0.462. The van der Waals surface area contributed by atoms with E-state index in [9.17, 15) is 4.79 Å². The van der Waals surface area contributed by atoms with Crippen LogP contribution < -0.4 is 5.32 Å². The Kier molecular flexibility index (Phi) is 5.94. The first-order valence-corrected chi connectivity index (χ1v) is 6.24. The maximum atomic E-state index is 11.5. The summed E-state index contributed by atoms with van der Waals surface area (Å²) in [5.41, 5.74) is 1.85. The lowest BCUT2D eigenvalue weighted by Crippen LogP contribution is -2.11. The van der Waals surface area contributed by atoms with Gasteiger partial charge >= 0.3 is 0 Å². The number of hydrogen-bond acceptors (Lipinski definition) is 1. The summed E-state index contributed by atoms with van der Waals surface area (Å²) in [5, 5.41) is 2.88. The fourth-order valence-electron chi connectivity index (χ4n) is 1.49. The monoisotopic (exact) mass is 239 g/mol. The second kappa shape index (κ2) is 7.29. The molecule has 1 amide bonds. The molecule has 0 saturated carbocycles. The first kappa shape index (κ1) is 13.0. The van der Waals surface area contributed by atoms with Crippen molar-refractivity contribution >= 4 is 23.2 Å². The maximum Gasteiger partial charge on any atom is 0.224 e.